The van der Waals surface area contributed by atoms with Crippen LogP contribution < -0.4 is 10.4 Å². The van der Waals surface area contributed by atoms with Crippen LogP contribution in [0.4, 0.5) is 24.5 Å². The van der Waals surface area contributed by atoms with Crippen molar-refractivity contribution in [3.05, 3.63) is 96.1 Å². The summed E-state index contributed by atoms with van der Waals surface area (Å²) < 4.78 is 38.5. The van der Waals surface area contributed by atoms with E-state index >= 15 is 0 Å². The summed E-state index contributed by atoms with van der Waals surface area (Å²) in [6, 6.07) is 23.2. The minimum absolute atomic E-state index is 0.167. The molecule has 0 fully saturated rings. The van der Waals surface area contributed by atoms with Gasteiger partial charge in [0.1, 0.15) is 0 Å². The van der Waals surface area contributed by atoms with Crippen molar-refractivity contribution in [1.29, 1.82) is 0 Å². The van der Waals surface area contributed by atoms with Crippen LogP contribution in [0.15, 0.2) is 84.9 Å². The molecule has 0 aliphatic heterocycles. The summed E-state index contributed by atoms with van der Waals surface area (Å²) in [4.78, 5) is 12.5. The van der Waals surface area contributed by atoms with Gasteiger partial charge in [0.2, 0.25) is 5.91 Å². The molecule has 0 atom stereocenters. The highest BCUT2D eigenvalue weighted by molar-refractivity contribution is 5.82. The van der Waals surface area contributed by atoms with Gasteiger partial charge in [-0.3, -0.25) is 15.2 Å². The lowest BCUT2D eigenvalue weighted by molar-refractivity contribution is -0.137. The second-order valence-corrected chi connectivity index (χ2v) is 5.92. The van der Waals surface area contributed by atoms with Crippen molar-refractivity contribution in [2.75, 3.05) is 5.01 Å². The van der Waals surface area contributed by atoms with Crippen LogP contribution in [0.5, 0.6) is 0 Å². The van der Waals surface area contributed by atoms with Gasteiger partial charge in [0.15, 0.2) is 0 Å². The molecular formula is C21H17F3N2O. The smallest absolute Gasteiger partial charge is 0.273 e. The second-order valence-electron chi connectivity index (χ2n) is 5.92. The molecule has 0 bridgehead atoms. The number of halogens is 3. The minimum Gasteiger partial charge on any atom is -0.273 e. The normalized spacial score (nSPS) is 11.1. The number of amides is 1. The van der Waals surface area contributed by atoms with E-state index in [4.69, 9.17) is 0 Å². The highest BCUT2D eigenvalue weighted by atomic mass is 19.4. The summed E-state index contributed by atoms with van der Waals surface area (Å²) in [6.45, 7) is 0. The third kappa shape index (κ3) is 4.88. The van der Waals surface area contributed by atoms with E-state index in [1.807, 2.05) is 60.7 Å². The first-order valence-corrected chi connectivity index (χ1v) is 8.29. The molecule has 3 aromatic carbocycles. The first-order chi connectivity index (χ1) is 12.9. The first-order valence-electron chi connectivity index (χ1n) is 8.29. The van der Waals surface area contributed by atoms with Crippen LogP contribution >= 0.6 is 0 Å². The Labute approximate surface area is 155 Å². The molecule has 0 heterocycles. The van der Waals surface area contributed by atoms with Crippen LogP contribution in [-0.4, -0.2) is 5.91 Å². The number of alkyl halides is 3. The Bertz CT molecular complexity index is 857. The summed E-state index contributed by atoms with van der Waals surface area (Å²) in [5, 5.41) is 1.61. The molecular weight excluding hydrogens is 353 g/mol. The Morgan fingerprint density at radius 2 is 1.37 bits per heavy atom. The highest BCUT2D eigenvalue weighted by Gasteiger charge is 2.30. The molecule has 3 aromatic rings. The Balaban J connectivity index is 1.80. The number of hydrogen-bond donors (Lipinski definition) is 1. The van der Waals surface area contributed by atoms with Crippen LogP contribution in [-0.2, 0) is 17.4 Å². The molecule has 0 spiro atoms. The van der Waals surface area contributed by atoms with Gasteiger partial charge >= 0.3 is 6.18 Å². The molecule has 0 saturated heterocycles. The van der Waals surface area contributed by atoms with Gasteiger partial charge in [-0.05, 0) is 35.9 Å². The van der Waals surface area contributed by atoms with Crippen molar-refractivity contribution in [2.24, 2.45) is 0 Å². The average molecular weight is 370 g/mol. The summed E-state index contributed by atoms with van der Waals surface area (Å²) in [7, 11) is 0. The lowest BCUT2D eigenvalue weighted by atomic mass is 10.1. The third-order valence-corrected chi connectivity index (χ3v) is 3.88. The Hall–Kier alpha value is -3.28. The molecule has 27 heavy (non-hydrogen) atoms. The van der Waals surface area contributed by atoms with E-state index in [1.165, 1.54) is 12.1 Å². The average Bonchev–Trinajstić information content (AvgIpc) is 2.67. The standard InChI is InChI=1S/C21H17F3N2O/c22-21(23,24)17-9-7-8-16(14-17)15-20(27)25-26(18-10-3-1-4-11-18)19-12-5-2-6-13-19/h1-14H,15H2,(H,25,27). The monoisotopic (exact) mass is 370 g/mol. The van der Waals surface area contributed by atoms with Crippen molar-refractivity contribution in [2.45, 2.75) is 12.6 Å². The molecule has 0 aliphatic rings. The summed E-state index contributed by atoms with van der Waals surface area (Å²) in [6.07, 6.45) is -4.60. The second kappa shape index (κ2) is 7.95. The van der Waals surface area contributed by atoms with E-state index in [-0.39, 0.29) is 6.42 Å². The van der Waals surface area contributed by atoms with E-state index in [1.54, 1.807) is 5.01 Å². The molecule has 0 saturated carbocycles. The molecule has 0 aromatic heterocycles. The summed E-state index contributed by atoms with van der Waals surface area (Å²) in [5.41, 5.74) is 3.77. The van der Waals surface area contributed by atoms with Gasteiger partial charge in [0, 0.05) is 0 Å². The third-order valence-electron chi connectivity index (χ3n) is 3.88. The van der Waals surface area contributed by atoms with Crippen molar-refractivity contribution in [1.82, 2.24) is 5.43 Å². The Morgan fingerprint density at radius 1 is 0.815 bits per heavy atom. The molecule has 1 N–H and O–H groups in total. The number of benzene rings is 3. The molecule has 3 nitrogen and oxygen atoms in total. The Kier molecular flexibility index (Phi) is 5.45. The van der Waals surface area contributed by atoms with Crippen LogP contribution in [0.25, 0.3) is 0 Å². The van der Waals surface area contributed by atoms with Gasteiger partial charge in [-0.2, -0.15) is 13.2 Å². The van der Waals surface area contributed by atoms with E-state index in [2.05, 4.69) is 5.43 Å². The number of nitrogens with one attached hydrogen (secondary N) is 1. The number of para-hydroxylation sites is 2. The van der Waals surface area contributed by atoms with Gasteiger partial charge in [0.25, 0.3) is 0 Å². The topological polar surface area (TPSA) is 32.3 Å². The molecule has 0 radical (unpaired) electrons. The van der Waals surface area contributed by atoms with Gasteiger partial charge in [-0.15, -0.1) is 0 Å². The largest absolute Gasteiger partial charge is 0.416 e. The molecule has 3 rings (SSSR count). The maximum Gasteiger partial charge on any atom is 0.416 e. The Morgan fingerprint density at radius 3 is 1.89 bits per heavy atom. The van der Waals surface area contributed by atoms with Crippen molar-refractivity contribution in [3.63, 3.8) is 0 Å². The zero-order valence-electron chi connectivity index (χ0n) is 14.3. The van der Waals surface area contributed by atoms with Crippen molar-refractivity contribution in [3.8, 4) is 0 Å². The first kappa shape index (κ1) is 18.5. The number of carbonyl (C=O) groups excluding carboxylic acids is 1. The minimum atomic E-state index is -4.44. The fourth-order valence-electron chi connectivity index (χ4n) is 2.64. The fraction of sp³-hybridized carbons (Fsp3) is 0.0952. The molecule has 6 heteroatoms. The quantitative estimate of drug-likeness (QED) is 0.633. The number of carbonyl (C=O) groups is 1. The van der Waals surface area contributed by atoms with Gasteiger partial charge in [-0.1, -0.05) is 54.6 Å². The highest BCUT2D eigenvalue weighted by Crippen LogP contribution is 2.29. The van der Waals surface area contributed by atoms with Crippen molar-refractivity contribution < 1.29 is 18.0 Å². The van der Waals surface area contributed by atoms with E-state index in [9.17, 15) is 18.0 Å². The maximum absolute atomic E-state index is 12.8. The van der Waals surface area contributed by atoms with Gasteiger partial charge < -0.3 is 0 Å². The van der Waals surface area contributed by atoms with Gasteiger partial charge in [-0.25, -0.2) is 0 Å². The lowest BCUT2D eigenvalue weighted by Gasteiger charge is -2.25. The number of hydrazine groups is 1. The lowest BCUT2D eigenvalue weighted by Crippen LogP contribution is -2.39. The number of nitrogens with zero attached hydrogens (tertiary/aromatic N) is 1. The van der Waals surface area contributed by atoms with Crippen LogP contribution in [0, 0.1) is 0 Å². The SMILES string of the molecule is O=C(Cc1cccc(C(F)(F)F)c1)NN(c1ccccc1)c1ccccc1. The van der Waals surface area contributed by atoms with Crippen LogP contribution in [0.3, 0.4) is 0 Å². The van der Waals surface area contributed by atoms with Crippen LogP contribution in [0.2, 0.25) is 0 Å². The zero-order valence-corrected chi connectivity index (χ0v) is 14.3. The fourth-order valence-corrected chi connectivity index (χ4v) is 2.64. The predicted octanol–water partition coefficient (Wildman–Crippen LogP) is 5.12. The van der Waals surface area contributed by atoms with Crippen LogP contribution in [0.1, 0.15) is 11.1 Å². The zero-order chi connectivity index (χ0) is 19.3. The van der Waals surface area contributed by atoms with E-state index < -0.39 is 17.6 Å². The number of anilines is 2. The predicted molar refractivity (Wildman–Crippen MR) is 98.3 cm³/mol. The van der Waals surface area contributed by atoms with E-state index in [0.29, 0.717) is 5.56 Å². The summed E-state index contributed by atoms with van der Waals surface area (Å²) >= 11 is 0. The number of hydrogen-bond acceptors (Lipinski definition) is 2. The van der Waals surface area contributed by atoms with Crippen molar-refractivity contribution >= 4 is 17.3 Å². The van der Waals surface area contributed by atoms with Gasteiger partial charge in [0.05, 0.1) is 23.4 Å². The number of rotatable bonds is 5. The summed E-state index contributed by atoms with van der Waals surface area (Å²) in [5.74, 6) is -0.415. The molecule has 1 amide bonds. The molecule has 0 aliphatic carbocycles. The maximum atomic E-state index is 12.8. The molecule has 138 valence electrons. The van der Waals surface area contributed by atoms with E-state index in [0.717, 1.165) is 23.5 Å². The molecule has 0 unspecified atom stereocenters.